The van der Waals surface area contributed by atoms with E-state index in [4.69, 9.17) is 4.74 Å². The molecule has 1 fully saturated rings. The minimum atomic E-state index is 0.0486. The highest BCUT2D eigenvalue weighted by Gasteiger charge is 2.24. The second kappa shape index (κ2) is 7.21. The molecule has 3 rings (SSSR count). The predicted molar refractivity (Wildman–Crippen MR) is 97.3 cm³/mol. The molecular weight excluding hydrogens is 322 g/mol. The molecule has 1 aliphatic heterocycles. The summed E-state index contributed by atoms with van der Waals surface area (Å²) < 4.78 is 5.20. The summed E-state index contributed by atoms with van der Waals surface area (Å²) in [4.78, 5) is 21.3. The number of anilines is 1. The van der Waals surface area contributed by atoms with Crippen LogP contribution in [-0.2, 0) is 0 Å². The van der Waals surface area contributed by atoms with Crippen molar-refractivity contribution in [2.24, 2.45) is 0 Å². The van der Waals surface area contributed by atoms with E-state index in [1.54, 1.807) is 18.4 Å². The van der Waals surface area contributed by atoms with Crippen molar-refractivity contribution >= 4 is 22.9 Å². The third kappa shape index (κ3) is 3.53. The molecule has 0 radical (unpaired) electrons. The largest absolute Gasteiger partial charge is 0.497 e. The maximum atomic E-state index is 12.6. The van der Waals surface area contributed by atoms with Gasteiger partial charge in [-0.1, -0.05) is 13.8 Å². The van der Waals surface area contributed by atoms with Crippen LogP contribution in [0.1, 0.15) is 35.3 Å². The van der Waals surface area contributed by atoms with Crippen molar-refractivity contribution in [2.45, 2.75) is 19.8 Å². The van der Waals surface area contributed by atoms with Gasteiger partial charge in [-0.2, -0.15) is 0 Å². The van der Waals surface area contributed by atoms with Crippen LogP contribution in [0.3, 0.4) is 0 Å². The number of rotatable bonds is 4. The lowest BCUT2D eigenvalue weighted by Crippen LogP contribution is -2.48. The SMILES string of the molecule is COc1ccc(N2CCN(C(=O)c3csc(C(C)C)n3)CC2)cc1. The summed E-state index contributed by atoms with van der Waals surface area (Å²) >= 11 is 1.57. The first-order valence-electron chi connectivity index (χ1n) is 8.22. The molecular formula is C18H23N3O2S. The van der Waals surface area contributed by atoms with E-state index in [1.807, 2.05) is 22.4 Å². The quantitative estimate of drug-likeness (QED) is 0.853. The van der Waals surface area contributed by atoms with Gasteiger partial charge in [-0.25, -0.2) is 4.98 Å². The van der Waals surface area contributed by atoms with Gasteiger partial charge in [-0.3, -0.25) is 4.79 Å². The van der Waals surface area contributed by atoms with Crippen LogP contribution in [0.2, 0.25) is 0 Å². The second-order valence-corrected chi connectivity index (χ2v) is 7.09. The van der Waals surface area contributed by atoms with Gasteiger partial charge in [-0.05, 0) is 24.3 Å². The third-order valence-electron chi connectivity index (χ3n) is 4.24. The molecule has 6 heteroatoms. The van der Waals surface area contributed by atoms with Crippen LogP contribution in [0.5, 0.6) is 5.75 Å². The highest BCUT2D eigenvalue weighted by Crippen LogP contribution is 2.22. The van der Waals surface area contributed by atoms with E-state index in [2.05, 4.69) is 35.9 Å². The van der Waals surface area contributed by atoms with Crippen LogP contribution in [0.25, 0.3) is 0 Å². The Balaban J connectivity index is 1.60. The minimum absolute atomic E-state index is 0.0486. The number of piperazine rings is 1. The lowest BCUT2D eigenvalue weighted by Gasteiger charge is -2.35. The molecule has 0 unspecified atom stereocenters. The second-order valence-electron chi connectivity index (χ2n) is 6.20. The first-order valence-corrected chi connectivity index (χ1v) is 9.10. The summed E-state index contributed by atoms with van der Waals surface area (Å²) in [5.41, 5.74) is 1.75. The molecule has 2 aromatic rings. The molecule has 1 saturated heterocycles. The van der Waals surface area contributed by atoms with Gasteiger partial charge in [0.1, 0.15) is 11.4 Å². The zero-order valence-electron chi connectivity index (χ0n) is 14.4. The summed E-state index contributed by atoms with van der Waals surface area (Å²) in [6.07, 6.45) is 0. The summed E-state index contributed by atoms with van der Waals surface area (Å²) in [6, 6.07) is 8.06. The molecule has 0 N–H and O–H groups in total. The highest BCUT2D eigenvalue weighted by molar-refractivity contribution is 7.09. The fourth-order valence-corrected chi connectivity index (χ4v) is 3.58. The van der Waals surface area contributed by atoms with Gasteiger partial charge in [0.25, 0.3) is 5.91 Å². The Labute approximate surface area is 146 Å². The van der Waals surface area contributed by atoms with Crippen LogP contribution >= 0.6 is 11.3 Å². The number of methoxy groups -OCH3 is 1. The molecule has 0 atom stereocenters. The molecule has 2 heterocycles. The summed E-state index contributed by atoms with van der Waals surface area (Å²) in [5, 5.41) is 2.91. The van der Waals surface area contributed by atoms with Crippen LogP contribution in [0.15, 0.2) is 29.6 Å². The van der Waals surface area contributed by atoms with Crippen LogP contribution in [0.4, 0.5) is 5.69 Å². The lowest BCUT2D eigenvalue weighted by atomic mass is 10.2. The number of ether oxygens (including phenoxy) is 1. The summed E-state index contributed by atoms with van der Waals surface area (Å²) in [5.74, 6) is 1.27. The van der Waals surface area contributed by atoms with Crippen LogP contribution in [0, 0.1) is 0 Å². The number of carbonyl (C=O) groups excluding carboxylic acids is 1. The van der Waals surface area contributed by atoms with E-state index < -0.39 is 0 Å². The molecule has 5 nitrogen and oxygen atoms in total. The zero-order chi connectivity index (χ0) is 17.1. The van der Waals surface area contributed by atoms with E-state index in [9.17, 15) is 4.79 Å². The smallest absolute Gasteiger partial charge is 0.273 e. The molecule has 1 aromatic heterocycles. The number of hydrogen-bond donors (Lipinski definition) is 0. The Bertz CT molecular complexity index is 689. The molecule has 0 bridgehead atoms. The molecule has 128 valence electrons. The van der Waals surface area contributed by atoms with Crippen molar-refractivity contribution in [1.82, 2.24) is 9.88 Å². The first kappa shape index (κ1) is 16.8. The van der Waals surface area contributed by atoms with Crippen molar-refractivity contribution in [3.05, 3.63) is 40.3 Å². The Morgan fingerprint density at radius 3 is 2.38 bits per heavy atom. The highest BCUT2D eigenvalue weighted by atomic mass is 32.1. The van der Waals surface area contributed by atoms with Gasteiger partial charge >= 0.3 is 0 Å². The molecule has 1 aromatic carbocycles. The van der Waals surface area contributed by atoms with E-state index in [0.717, 1.165) is 36.9 Å². The molecule has 24 heavy (non-hydrogen) atoms. The maximum Gasteiger partial charge on any atom is 0.273 e. The van der Waals surface area contributed by atoms with E-state index in [1.165, 1.54) is 5.69 Å². The van der Waals surface area contributed by atoms with Crippen molar-refractivity contribution in [1.29, 1.82) is 0 Å². The molecule has 0 spiro atoms. The lowest BCUT2D eigenvalue weighted by molar-refractivity contribution is 0.0741. The standard InChI is InChI=1S/C18H23N3O2S/c1-13(2)17-19-16(12-24-17)18(22)21-10-8-20(9-11-21)14-4-6-15(23-3)7-5-14/h4-7,12-13H,8-11H2,1-3H3. The Morgan fingerprint density at radius 1 is 1.17 bits per heavy atom. The summed E-state index contributed by atoms with van der Waals surface area (Å²) in [6.45, 7) is 7.30. The monoisotopic (exact) mass is 345 g/mol. The third-order valence-corrected chi connectivity index (χ3v) is 5.38. The summed E-state index contributed by atoms with van der Waals surface area (Å²) in [7, 11) is 1.67. The maximum absolute atomic E-state index is 12.6. The van der Waals surface area contributed by atoms with Gasteiger partial charge in [0, 0.05) is 43.2 Å². The fraction of sp³-hybridized carbons (Fsp3) is 0.444. The number of nitrogens with zero attached hydrogens (tertiary/aromatic N) is 3. The topological polar surface area (TPSA) is 45.7 Å². The van der Waals surface area contributed by atoms with Crippen molar-refractivity contribution in [3.8, 4) is 5.75 Å². The van der Waals surface area contributed by atoms with Gasteiger partial charge in [-0.15, -0.1) is 11.3 Å². The normalized spacial score (nSPS) is 15.0. The van der Waals surface area contributed by atoms with E-state index in [0.29, 0.717) is 11.6 Å². The Hall–Kier alpha value is -2.08. The predicted octanol–water partition coefficient (Wildman–Crippen LogP) is 3.24. The number of amides is 1. The fourth-order valence-electron chi connectivity index (χ4n) is 2.77. The van der Waals surface area contributed by atoms with Crippen LogP contribution < -0.4 is 9.64 Å². The number of carbonyl (C=O) groups is 1. The number of hydrogen-bond acceptors (Lipinski definition) is 5. The average Bonchev–Trinajstić information content (AvgIpc) is 3.12. The average molecular weight is 345 g/mol. The Kier molecular flexibility index (Phi) is 5.04. The first-order chi connectivity index (χ1) is 11.6. The van der Waals surface area contributed by atoms with Crippen molar-refractivity contribution in [3.63, 3.8) is 0 Å². The van der Waals surface area contributed by atoms with E-state index in [-0.39, 0.29) is 5.91 Å². The van der Waals surface area contributed by atoms with Gasteiger partial charge in [0.15, 0.2) is 0 Å². The van der Waals surface area contributed by atoms with Crippen molar-refractivity contribution < 1.29 is 9.53 Å². The molecule has 1 aliphatic rings. The molecule has 1 amide bonds. The minimum Gasteiger partial charge on any atom is -0.497 e. The molecule has 0 saturated carbocycles. The van der Waals surface area contributed by atoms with Crippen molar-refractivity contribution in [2.75, 3.05) is 38.2 Å². The number of aromatic nitrogens is 1. The zero-order valence-corrected chi connectivity index (χ0v) is 15.2. The molecule has 0 aliphatic carbocycles. The van der Waals surface area contributed by atoms with Gasteiger partial charge < -0.3 is 14.5 Å². The number of benzene rings is 1. The van der Waals surface area contributed by atoms with Crippen LogP contribution in [-0.4, -0.2) is 49.1 Å². The van der Waals surface area contributed by atoms with E-state index >= 15 is 0 Å². The van der Waals surface area contributed by atoms with Gasteiger partial charge in [0.2, 0.25) is 0 Å². The number of thiazole rings is 1. The Morgan fingerprint density at radius 2 is 1.83 bits per heavy atom. The van der Waals surface area contributed by atoms with Gasteiger partial charge in [0.05, 0.1) is 12.1 Å².